The predicted molar refractivity (Wildman–Crippen MR) is 84.4 cm³/mol. The smallest absolute Gasteiger partial charge is 0.224 e. The number of benzene rings is 1. The van der Waals surface area contributed by atoms with Crippen LogP contribution in [0, 0.1) is 5.92 Å². The molecule has 0 saturated carbocycles. The maximum Gasteiger partial charge on any atom is 0.224 e. The number of carbonyl (C=O) groups is 1. The van der Waals surface area contributed by atoms with E-state index >= 15 is 0 Å². The maximum atomic E-state index is 12.3. The minimum atomic E-state index is -0.0469. The average molecular weight is 290 g/mol. The highest BCUT2D eigenvalue weighted by Crippen LogP contribution is 2.26. The number of nitrogens with one attached hydrogen (secondary N) is 2. The number of rotatable bonds is 5. The van der Waals surface area contributed by atoms with Gasteiger partial charge in [0, 0.05) is 12.1 Å². The van der Waals surface area contributed by atoms with E-state index in [1.54, 1.807) is 0 Å². The molecule has 4 heteroatoms. The van der Waals surface area contributed by atoms with Gasteiger partial charge in [0.25, 0.3) is 0 Å². The third kappa shape index (κ3) is 4.46. The second-order valence-electron chi connectivity index (χ2n) is 5.98. The van der Waals surface area contributed by atoms with Crippen LogP contribution in [0.25, 0.3) is 0 Å². The molecular weight excluding hydrogens is 264 g/mol. The summed E-state index contributed by atoms with van der Waals surface area (Å²) in [5.74, 6) is 1.07. The minimum absolute atomic E-state index is 0.0469. The van der Waals surface area contributed by atoms with E-state index in [1.165, 1.54) is 0 Å². The fraction of sp³-hybridized carbons (Fsp3) is 0.588. The third-order valence-corrected chi connectivity index (χ3v) is 3.77. The van der Waals surface area contributed by atoms with Crippen LogP contribution in [0.1, 0.15) is 45.2 Å². The van der Waals surface area contributed by atoms with Gasteiger partial charge in [0.15, 0.2) is 0 Å². The molecule has 1 unspecified atom stereocenters. The van der Waals surface area contributed by atoms with E-state index in [0.717, 1.165) is 37.2 Å². The van der Waals surface area contributed by atoms with E-state index in [9.17, 15) is 4.79 Å². The average Bonchev–Trinajstić information content (AvgIpc) is 2.48. The molecule has 1 aliphatic rings. The van der Waals surface area contributed by atoms with Crippen molar-refractivity contribution in [1.29, 1.82) is 0 Å². The van der Waals surface area contributed by atoms with E-state index in [-0.39, 0.29) is 24.0 Å². The summed E-state index contributed by atoms with van der Waals surface area (Å²) in [7, 11) is 0. The Hall–Kier alpha value is -1.55. The van der Waals surface area contributed by atoms with Crippen molar-refractivity contribution in [2.75, 3.05) is 13.1 Å². The van der Waals surface area contributed by atoms with Crippen LogP contribution in [0.2, 0.25) is 0 Å². The Labute approximate surface area is 127 Å². The van der Waals surface area contributed by atoms with Crippen LogP contribution in [-0.4, -0.2) is 25.1 Å². The first kappa shape index (κ1) is 15.8. The summed E-state index contributed by atoms with van der Waals surface area (Å²) in [5, 5.41) is 6.40. The van der Waals surface area contributed by atoms with Crippen LogP contribution < -0.4 is 15.4 Å². The molecule has 1 amide bonds. The molecule has 0 bridgehead atoms. The van der Waals surface area contributed by atoms with E-state index in [4.69, 9.17) is 4.74 Å². The van der Waals surface area contributed by atoms with Crippen molar-refractivity contribution >= 4 is 5.91 Å². The Morgan fingerprint density at radius 2 is 2.10 bits per heavy atom. The zero-order valence-corrected chi connectivity index (χ0v) is 13.2. The molecule has 2 N–H and O–H groups in total. The van der Waals surface area contributed by atoms with Gasteiger partial charge in [0.2, 0.25) is 5.91 Å². The second-order valence-corrected chi connectivity index (χ2v) is 5.98. The second kappa shape index (κ2) is 7.46. The predicted octanol–water partition coefficient (Wildman–Crippen LogP) is 2.65. The van der Waals surface area contributed by atoms with Crippen molar-refractivity contribution in [2.24, 2.45) is 5.92 Å². The lowest BCUT2D eigenvalue weighted by atomic mass is 9.98. The van der Waals surface area contributed by atoms with Gasteiger partial charge in [-0.15, -0.1) is 0 Å². The van der Waals surface area contributed by atoms with Gasteiger partial charge in [-0.2, -0.15) is 0 Å². The highest BCUT2D eigenvalue weighted by atomic mass is 16.5. The SMILES string of the molecule is CC(C)Oc1ccccc1C(C)NC(=O)[C@H]1CCCNC1. The van der Waals surface area contributed by atoms with Gasteiger partial charge in [-0.1, -0.05) is 18.2 Å². The summed E-state index contributed by atoms with van der Waals surface area (Å²) in [5.41, 5.74) is 1.03. The van der Waals surface area contributed by atoms with Crippen LogP contribution in [0.4, 0.5) is 0 Å². The van der Waals surface area contributed by atoms with Crippen molar-refractivity contribution in [3.05, 3.63) is 29.8 Å². The van der Waals surface area contributed by atoms with E-state index in [1.807, 2.05) is 45.0 Å². The molecule has 0 aromatic heterocycles. The topological polar surface area (TPSA) is 50.4 Å². The highest BCUT2D eigenvalue weighted by molar-refractivity contribution is 5.79. The van der Waals surface area contributed by atoms with E-state index in [0.29, 0.717) is 0 Å². The molecule has 1 aliphatic heterocycles. The Balaban J connectivity index is 2.02. The molecular formula is C17H26N2O2. The lowest BCUT2D eigenvalue weighted by molar-refractivity contribution is -0.126. The molecule has 0 radical (unpaired) electrons. The first-order valence-corrected chi connectivity index (χ1v) is 7.84. The first-order chi connectivity index (χ1) is 10.1. The van der Waals surface area contributed by atoms with Gasteiger partial charge < -0.3 is 15.4 Å². The number of piperidine rings is 1. The van der Waals surface area contributed by atoms with Crippen molar-refractivity contribution < 1.29 is 9.53 Å². The molecule has 1 aromatic carbocycles. The highest BCUT2D eigenvalue weighted by Gasteiger charge is 2.23. The lowest BCUT2D eigenvalue weighted by Crippen LogP contribution is -2.41. The summed E-state index contributed by atoms with van der Waals surface area (Å²) in [6, 6.07) is 7.87. The summed E-state index contributed by atoms with van der Waals surface area (Å²) >= 11 is 0. The van der Waals surface area contributed by atoms with Crippen molar-refractivity contribution in [3.63, 3.8) is 0 Å². The lowest BCUT2D eigenvalue weighted by Gasteiger charge is -2.25. The molecule has 2 atom stereocenters. The number of para-hydroxylation sites is 1. The standard InChI is InChI=1S/C17H26N2O2/c1-12(2)21-16-9-5-4-8-15(16)13(3)19-17(20)14-7-6-10-18-11-14/h4-5,8-9,12-14,18H,6-7,10-11H2,1-3H3,(H,19,20)/t13?,14-/m0/s1. The van der Waals surface area contributed by atoms with Crippen LogP contribution in [0.5, 0.6) is 5.75 Å². The molecule has 1 fully saturated rings. The van der Waals surface area contributed by atoms with Crippen LogP contribution in [0.3, 0.4) is 0 Å². The largest absolute Gasteiger partial charge is 0.491 e. The first-order valence-electron chi connectivity index (χ1n) is 7.84. The fourth-order valence-corrected chi connectivity index (χ4v) is 2.68. The van der Waals surface area contributed by atoms with E-state index in [2.05, 4.69) is 10.6 Å². The van der Waals surface area contributed by atoms with Gasteiger partial charge in [-0.05, 0) is 46.2 Å². The summed E-state index contributed by atoms with van der Waals surface area (Å²) in [4.78, 5) is 12.3. The zero-order valence-electron chi connectivity index (χ0n) is 13.2. The zero-order chi connectivity index (χ0) is 15.2. The van der Waals surface area contributed by atoms with Crippen molar-refractivity contribution in [3.8, 4) is 5.75 Å². The Kier molecular flexibility index (Phi) is 5.62. The van der Waals surface area contributed by atoms with Crippen LogP contribution >= 0.6 is 0 Å². The number of carbonyl (C=O) groups excluding carboxylic acids is 1. The molecule has 0 aliphatic carbocycles. The molecule has 1 heterocycles. The van der Waals surface area contributed by atoms with Gasteiger partial charge in [-0.25, -0.2) is 0 Å². The van der Waals surface area contributed by atoms with Crippen molar-refractivity contribution in [2.45, 2.75) is 45.8 Å². The molecule has 21 heavy (non-hydrogen) atoms. The summed E-state index contributed by atoms with van der Waals surface area (Å²) in [6.07, 6.45) is 2.16. The molecule has 1 aromatic rings. The Morgan fingerprint density at radius 1 is 1.33 bits per heavy atom. The monoisotopic (exact) mass is 290 g/mol. The number of amides is 1. The molecule has 116 valence electrons. The molecule has 4 nitrogen and oxygen atoms in total. The quantitative estimate of drug-likeness (QED) is 0.876. The van der Waals surface area contributed by atoms with Crippen LogP contribution in [0.15, 0.2) is 24.3 Å². The third-order valence-electron chi connectivity index (χ3n) is 3.77. The fourth-order valence-electron chi connectivity index (χ4n) is 2.68. The van der Waals surface area contributed by atoms with Gasteiger partial charge in [-0.3, -0.25) is 4.79 Å². The minimum Gasteiger partial charge on any atom is -0.491 e. The van der Waals surface area contributed by atoms with Crippen molar-refractivity contribution in [1.82, 2.24) is 10.6 Å². The van der Waals surface area contributed by atoms with Gasteiger partial charge >= 0.3 is 0 Å². The Morgan fingerprint density at radius 3 is 2.76 bits per heavy atom. The van der Waals surface area contributed by atoms with E-state index < -0.39 is 0 Å². The number of hydrogen-bond acceptors (Lipinski definition) is 3. The normalized spacial score (nSPS) is 20.1. The maximum absolute atomic E-state index is 12.3. The Bertz CT molecular complexity index is 468. The summed E-state index contributed by atoms with van der Waals surface area (Å²) in [6.45, 7) is 7.82. The van der Waals surface area contributed by atoms with Gasteiger partial charge in [0.05, 0.1) is 18.1 Å². The van der Waals surface area contributed by atoms with Gasteiger partial charge in [0.1, 0.15) is 5.75 Å². The molecule has 2 rings (SSSR count). The molecule has 0 spiro atoms. The molecule has 1 saturated heterocycles. The number of hydrogen-bond donors (Lipinski definition) is 2. The van der Waals surface area contributed by atoms with Crippen LogP contribution in [-0.2, 0) is 4.79 Å². The number of ether oxygens (including phenoxy) is 1. The summed E-state index contributed by atoms with van der Waals surface area (Å²) < 4.78 is 5.83.